The molecule has 1 aliphatic rings. The fraction of sp³-hybridized carbons (Fsp3) is 0.263. The number of esters is 1. The number of hydrogen-bond donors (Lipinski definition) is 0. The standard InChI is InChI=1S/C19H19NO5/c1-23-15-9-7-13(8-10-15)19(22)20-14(11-18(21)24-2)12-25-17-6-4-3-5-16(17)20/h3-10,14H,11-12H2,1-2H3/t14-/m0/s1. The summed E-state index contributed by atoms with van der Waals surface area (Å²) in [6.07, 6.45) is 0.0622. The largest absolute Gasteiger partial charge is 0.497 e. The van der Waals surface area contributed by atoms with Crippen LogP contribution in [-0.2, 0) is 9.53 Å². The molecular formula is C19H19NO5. The van der Waals surface area contributed by atoms with Crippen LogP contribution >= 0.6 is 0 Å². The molecule has 130 valence electrons. The maximum Gasteiger partial charge on any atom is 0.307 e. The number of nitrogens with zero attached hydrogens (tertiary/aromatic N) is 1. The molecule has 2 aromatic rings. The van der Waals surface area contributed by atoms with Gasteiger partial charge in [0.15, 0.2) is 0 Å². The molecule has 2 aromatic carbocycles. The van der Waals surface area contributed by atoms with Gasteiger partial charge >= 0.3 is 5.97 Å². The Labute approximate surface area is 145 Å². The van der Waals surface area contributed by atoms with Gasteiger partial charge in [0.1, 0.15) is 18.1 Å². The number of benzene rings is 2. The topological polar surface area (TPSA) is 65.1 Å². The molecule has 0 saturated heterocycles. The van der Waals surface area contributed by atoms with Crippen LogP contribution in [0.2, 0.25) is 0 Å². The van der Waals surface area contributed by atoms with Gasteiger partial charge in [-0.3, -0.25) is 14.5 Å². The summed E-state index contributed by atoms with van der Waals surface area (Å²) in [6, 6.07) is 13.7. The molecule has 6 nitrogen and oxygen atoms in total. The highest BCUT2D eigenvalue weighted by molar-refractivity contribution is 6.08. The summed E-state index contributed by atoms with van der Waals surface area (Å²) in [5.74, 6) is 0.698. The first-order chi connectivity index (χ1) is 12.1. The second-order valence-corrected chi connectivity index (χ2v) is 5.62. The van der Waals surface area contributed by atoms with E-state index in [1.54, 1.807) is 48.4 Å². The van der Waals surface area contributed by atoms with E-state index in [1.807, 2.05) is 12.1 Å². The Morgan fingerprint density at radius 3 is 2.52 bits per heavy atom. The molecule has 6 heteroatoms. The Kier molecular flexibility index (Phi) is 4.88. The van der Waals surface area contributed by atoms with Crippen molar-refractivity contribution in [1.82, 2.24) is 0 Å². The summed E-state index contributed by atoms with van der Waals surface area (Å²) in [5, 5.41) is 0. The minimum atomic E-state index is -0.433. The number of methoxy groups -OCH3 is 2. The van der Waals surface area contributed by atoms with E-state index in [0.717, 1.165) is 0 Å². The van der Waals surface area contributed by atoms with Crippen molar-refractivity contribution >= 4 is 17.6 Å². The molecule has 0 saturated carbocycles. The second-order valence-electron chi connectivity index (χ2n) is 5.62. The van der Waals surface area contributed by atoms with Crippen LogP contribution in [0, 0.1) is 0 Å². The lowest BCUT2D eigenvalue weighted by atomic mass is 10.1. The van der Waals surface area contributed by atoms with E-state index in [2.05, 4.69) is 0 Å². The number of rotatable bonds is 4. The normalized spacial score (nSPS) is 15.8. The second kappa shape index (κ2) is 7.25. The number of anilines is 1. The molecular weight excluding hydrogens is 322 g/mol. The van der Waals surface area contributed by atoms with Crippen molar-refractivity contribution in [1.29, 1.82) is 0 Å². The molecule has 25 heavy (non-hydrogen) atoms. The smallest absolute Gasteiger partial charge is 0.307 e. The number of amides is 1. The average molecular weight is 341 g/mol. The first-order valence-corrected chi connectivity index (χ1v) is 7.90. The number of carbonyl (C=O) groups is 2. The van der Waals surface area contributed by atoms with Crippen LogP contribution in [0.5, 0.6) is 11.5 Å². The third-order valence-electron chi connectivity index (χ3n) is 4.11. The SMILES string of the molecule is COC(=O)C[C@H]1COc2ccccc2N1C(=O)c1ccc(OC)cc1. The van der Waals surface area contributed by atoms with Gasteiger partial charge < -0.3 is 14.2 Å². The lowest BCUT2D eigenvalue weighted by molar-refractivity contribution is -0.141. The zero-order chi connectivity index (χ0) is 17.8. The van der Waals surface area contributed by atoms with Gasteiger partial charge in [-0.1, -0.05) is 12.1 Å². The van der Waals surface area contributed by atoms with E-state index < -0.39 is 6.04 Å². The number of para-hydroxylation sites is 2. The van der Waals surface area contributed by atoms with Crippen LogP contribution in [0.3, 0.4) is 0 Å². The van der Waals surface area contributed by atoms with Gasteiger partial charge in [0.2, 0.25) is 0 Å². The fourth-order valence-electron chi connectivity index (χ4n) is 2.81. The van der Waals surface area contributed by atoms with Crippen LogP contribution < -0.4 is 14.4 Å². The maximum atomic E-state index is 13.1. The summed E-state index contributed by atoms with van der Waals surface area (Å²) >= 11 is 0. The van der Waals surface area contributed by atoms with Crippen molar-refractivity contribution in [3.63, 3.8) is 0 Å². The number of carbonyl (C=O) groups excluding carboxylic acids is 2. The molecule has 0 aromatic heterocycles. The quantitative estimate of drug-likeness (QED) is 0.800. The van der Waals surface area contributed by atoms with Crippen LogP contribution in [0.4, 0.5) is 5.69 Å². The van der Waals surface area contributed by atoms with Gasteiger partial charge in [0.05, 0.1) is 32.4 Å². The van der Waals surface area contributed by atoms with Gasteiger partial charge in [-0.2, -0.15) is 0 Å². The minimum absolute atomic E-state index is 0.0622. The lowest BCUT2D eigenvalue weighted by Crippen LogP contribution is -2.48. The first kappa shape index (κ1) is 16.8. The predicted molar refractivity (Wildman–Crippen MR) is 92.2 cm³/mol. The summed E-state index contributed by atoms with van der Waals surface area (Å²) in [5.41, 5.74) is 1.15. The third-order valence-corrected chi connectivity index (χ3v) is 4.11. The van der Waals surface area contributed by atoms with Crippen LogP contribution in [-0.4, -0.2) is 38.7 Å². The highest BCUT2D eigenvalue weighted by atomic mass is 16.5. The average Bonchev–Trinajstić information content (AvgIpc) is 2.67. The van der Waals surface area contributed by atoms with Crippen molar-refractivity contribution in [3.8, 4) is 11.5 Å². The highest BCUT2D eigenvalue weighted by Crippen LogP contribution is 2.35. The predicted octanol–water partition coefficient (Wildman–Crippen LogP) is 2.67. The highest BCUT2D eigenvalue weighted by Gasteiger charge is 2.34. The maximum absolute atomic E-state index is 13.1. The van der Waals surface area contributed by atoms with Crippen LogP contribution in [0.25, 0.3) is 0 Å². The van der Waals surface area contributed by atoms with Crippen molar-refractivity contribution in [3.05, 3.63) is 54.1 Å². The summed E-state index contributed by atoms with van der Waals surface area (Å²) in [7, 11) is 2.90. The summed E-state index contributed by atoms with van der Waals surface area (Å²) < 4.78 is 15.6. The molecule has 1 heterocycles. The van der Waals surface area contributed by atoms with E-state index in [0.29, 0.717) is 22.7 Å². The molecule has 0 unspecified atom stereocenters. The van der Waals surface area contributed by atoms with Gasteiger partial charge in [-0.15, -0.1) is 0 Å². The Bertz CT molecular complexity index is 772. The van der Waals surface area contributed by atoms with E-state index in [4.69, 9.17) is 14.2 Å². The Hall–Kier alpha value is -3.02. The number of fused-ring (bicyclic) bond motifs is 1. The van der Waals surface area contributed by atoms with Crippen molar-refractivity contribution in [2.45, 2.75) is 12.5 Å². The van der Waals surface area contributed by atoms with Gasteiger partial charge in [-0.25, -0.2) is 0 Å². The molecule has 1 atom stereocenters. The molecule has 0 bridgehead atoms. The number of hydrogen-bond acceptors (Lipinski definition) is 5. The zero-order valence-corrected chi connectivity index (χ0v) is 14.1. The van der Waals surface area contributed by atoms with E-state index in [-0.39, 0.29) is 24.9 Å². The fourth-order valence-corrected chi connectivity index (χ4v) is 2.81. The molecule has 0 aliphatic carbocycles. The number of ether oxygens (including phenoxy) is 3. The monoisotopic (exact) mass is 341 g/mol. The Balaban J connectivity index is 1.96. The van der Waals surface area contributed by atoms with Crippen molar-refractivity contribution in [2.75, 3.05) is 25.7 Å². The van der Waals surface area contributed by atoms with Gasteiger partial charge in [0.25, 0.3) is 5.91 Å². The minimum Gasteiger partial charge on any atom is -0.497 e. The lowest BCUT2D eigenvalue weighted by Gasteiger charge is -2.36. The molecule has 3 rings (SSSR count). The van der Waals surface area contributed by atoms with Crippen LogP contribution in [0.15, 0.2) is 48.5 Å². The first-order valence-electron chi connectivity index (χ1n) is 7.90. The van der Waals surface area contributed by atoms with E-state index in [1.165, 1.54) is 7.11 Å². The molecule has 0 fully saturated rings. The van der Waals surface area contributed by atoms with E-state index >= 15 is 0 Å². The van der Waals surface area contributed by atoms with Gasteiger partial charge in [0, 0.05) is 5.56 Å². The Morgan fingerprint density at radius 1 is 1.12 bits per heavy atom. The molecule has 1 aliphatic heterocycles. The third kappa shape index (κ3) is 3.42. The van der Waals surface area contributed by atoms with Gasteiger partial charge in [-0.05, 0) is 36.4 Å². The Morgan fingerprint density at radius 2 is 1.84 bits per heavy atom. The van der Waals surface area contributed by atoms with Crippen molar-refractivity contribution < 1.29 is 23.8 Å². The summed E-state index contributed by atoms with van der Waals surface area (Å²) in [4.78, 5) is 26.5. The molecule has 0 spiro atoms. The van der Waals surface area contributed by atoms with E-state index in [9.17, 15) is 9.59 Å². The van der Waals surface area contributed by atoms with Crippen molar-refractivity contribution in [2.24, 2.45) is 0 Å². The molecule has 1 amide bonds. The van der Waals surface area contributed by atoms with Crippen LogP contribution in [0.1, 0.15) is 16.8 Å². The molecule has 0 N–H and O–H groups in total. The molecule has 0 radical (unpaired) electrons. The summed E-state index contributed by atoms with van der Waals surface area (Å²) in [6.45, 7) is 0.230. The zero-order valence-electron chi connectivity index (χ0n) is 14.1.